The van der Waals surface area contributed by atoms with Gasteiger partial charge in [0, 0.05) is 16.9 Å². The zero-order valence-corrected chi connectivity index (χ0v) is 10.2. The predicted molar refractivity (Wildman–Crippen MR) is 67.0 cm³/mol. The Bertz CT molecular complexity index is 551. The lowest BCUT2D eigenvalue weighted by atomic mass is 10.2. The lowest BCUT2D eigenvalue weighted by Crippen LogP contribution is -2.13. The fourth-order valence-electron chi connectivity index (χ4n) is 1.31. The van der Waals surface area contributed by atoms with Gasteiger partial charge in [-0.2, -0.15) is 0 Å². The summed E-state index contributed by atoms with van der Waals surface area (Å²) in [5.74, 6) is 0.647. The predicted octanol–water partition coefficient (Wildman–Crippen LogP) is 2.58. The molecule has 0 unspecified atom stereocenters. The Balaban J connectivity index is 2.43. The van der Waals surface area contributed by atoms with Crippen molar-refractivity contribution in [2.75, 3.05) is 5.32 Å². The highest BCUT2D eigenvalue weighted by molar-refractivity contribution is 9.10. The number of rotatable bonds is 2. The summed E-state index contributed by atoms with van der Waals surface area (Å²) in [5.41, 5.74) is 1.20. The number of nitrogens with one attached hydrogen (secondary N) is 2. The number of hydrogen-bond acceptors (Lipinski definition) is 3. The lowest BCUT2D eigenvalue weighted by Gasteiger charge is -2.08. The zero-order valence-electron chi connectivity index (χ0n) is 8.62. The van der Waals surface area contributed by atoms with Crippen molar-refractivity contribution in [1.82, 2.24) is 9.97 Å². The largest absolute Gasteiger partial charge is 0.335 e. The molecule has 0 atom stereocenters. The van der Waals surface area contributed by atoms with E-state index in [4.69, 9.17) is 0 Å². The van der Waals surface area contributed by atoms with Crippen molar-refractivity contribution in [3.8, 4) is 0 Å². The van der Waals surface area contributed by atoms with Gasteiger partial charge in [-0.3, -0.25) is 4.79 Å². The van der Waals surface area contributed by atoms with E-state index in [0.717, 1.165) is 10.0 Å². The van der Waals surface area contributed by atoms with Crippen LogP contribution in [0.1, 0.15) is 5.56 Å². The monoisotopic (exact) mass is 279 g/mol. The minimum Gasteiger partial charge on any atom is -0.335 e. The van der Waals surface area contributed by atoms with Crippen LogP contribution in [0, 0.1) is 6.92 Å². The maximum absolute atomic E-state index is 11.6. The van der Waals surface area contributed by atoms with E-state index < -0.39 is 0 Å². The van der Waals surface area contributed by atoms with E-state index in [0.29, 0.717) is 11.5 Å². The highest BCUT2D eigenvalue weighted by Gasteiger charge is 2.07. The number of anilines is 2. The Kier molecular flexibility index (Phi) is 3.05. The second kappa shape index (κ2) is 4.49. The summed E-state index contributed by atoms with van der Waals surface area (Å²) in [6, 6.07) is 5.49. The molecule has 0 bridgehead atoms. The van der Waals surface area contributed by atoms with Crippen molar-refractivity contribution in [3.63, 3.8) is 0 Å². The average molecular weight is 280 g/mol. The average Bonchev–Trinajstić information content (AvgIpc) is 2.31. The minimum atomic E-state index is -0.161. The summed E-state index contributed by atoms with van der Waals surface area (Å²) in [6.45, 7) is 1.87. The minimum absolute atomic E-state index is 0.161. The van der Waals surface area contributed by atoms with Gasteiger partial charge >= 0.3 is 0 Å². The second-order valence-electron chi connectivity index (χ2n) is 3.31. The standard InChI is InChI=1S/C11H10BrN3O/c1-7-8(12)6-14-11(16)10(7)15-9-4-2-3-5-13-9/h2-6H,1H3,(H,13,15)(H,14,16). The molecule has 0 fully saturated rings. The molecule has 2 heterocycles. The second-order valence-corrected chi connectivity index (χ2v) is 4.16. The Morgan fingerprint density at radius 1 is 1.44 bits per heavy atom. The van der Waals surface area contributed by atoms with E-state index in [1.54, 1.807) is 18.5 Å². The van der Waals surface area contributed by atoms with Crippen LogP contribution in [0.5, 0.6) is 0 Å². The van der Waals surface area contributed by atoms with Crippen LogP contribution in [0.25, 0.3) is 0 Å². The number of aromatic amines is 1. The summed E-state index contributed by atoms with van der Waals surface area (Å²) >= 11 is 3.36. The molecule has 4 nitrogen and oxygen atoms in total. The van der Waals surface area contributed by atoms with Gasteiger partial charge in [-0.1, -0.05) is 6.07 Å². The van der Waals surface area contributed by atoms with Crippen molar-refractivity contribution in [3.05, 3.63) is 51.0 Å². The maximum Gasteiger partial charge on any atom is 0.272 e. The van der Waals surface area contributed by atoms with Crippen molar-refractivity contribution in [1.29, 1.82) is 0 Å². The van der Waals surface area contributed by atoms with E-state index in [9.17, 15) is 4.79 Å². The molecule has 5 heteroatoms. The molecule has 0 aromatic carbocycles. The molecule has 0 aliphatic carbocycles. The fourth-order valence-corrected chi connectivity index (χ4v) is 1.63. The Morgan fingerprint density at radius 3 is 2.94 bits per heavy atom. The third-order valence-electron chi connectivity index (χ3n) is 2.21. The molecule has 0 aliphatic rings. The van der Waals surface area contributed by atoms with Crippen LogP contribution in [0.3, 0.4) is 0 Å². The Labute approximate surface area is 101 Å². The molecule has 2 rings (SSSR count). The third-order valence-corrected chi connectivity index (χ3v) is 3.03. The van der Waals surface area contributed by atoms with Crippen molar-refractivity contribution >= 4 is 27.4 Å². The van der Waals surface area contributed by atoms with Gasteiger partial charge in [-0.15, -0.1) is 0 Å². The maximum atomic E-state index is 11.6. The summed E-state index contributed by atoms with van der Waals surface area (Å²) in [4.78, 5) is 18.4. The first-order valence-corrected chi connectivity index (χ1v) is 5.53. The molecular formula is C11H10BrN3O. The fraction of sp³-hybridized carbons (Fsp3) is 0.0909. The number of H-pyrrole nitrogens is 1. The van der Waals surface area contributed by atoms with Gasteiger partial charge in [0.25, 0.3) is 5.56 Å². The van der Waals surface area contributed by atoms with E-state index in [2.05, 4.69) is 31.2 Å². The molecular weight excluding hydrogens is 270 g/mol. The number of aromatic nitrogens is 2. The zero-order chi connectivity index (χ0) is 11.5. The van der Waals surface area contributed by atoms with Crippen LogP contribution in [0.4, 0.5) is 11.5 Å². The number of hydrogen-bond donors (Lipinski definition) is 2. The molecule has 0 saturated carbocycles. The summed E-state index contributed by atoms with van der Waals surface area (Å²) in [5, 5.41) is 3.00. The van der Waals surface area contributed by atoms with Crippen LogP contribution in [0.2, 0.25) is 0 Å². The van der Waals surface area contributed by atoms with Gasteiger partial charge in [-0.25, -0.2) is 4.98 Å². The van der Waals surface area contributed by atoms with Crippen LogP contribution in [-0.4, -0.2) is 9.97 Å². The smallest absolute Gasteiger partial charge is 0.272 e. The van der Waals surface area contributed by atoms with Gasteiger partial charge in [0.1, 0.15) is 11.5 Å². The van der Waals surface area contributed by atoms with Crippen molar-refractivity contribution in [2.24, 2.45) is 0 Å². The normalized spacial score (nSPS) is 10.1. The SMILES string of the molecule is Cc1c(Br)c[nH]c(=O)c1Nc1ccccn1. The molecule has 0 saturated heterocycles. The number of pyridine rings is 2. The van der Waals surface area contributed by atoms with Crippen molar-refractivity contribution in [2.45, 2.75) is 6.92 Å². The third kappa shape index (κ3) is 2.14. The van der Waals surface area contributed by atoms with Crippen LogP contribution in [-0.2, 0) is 0 Å². The molecule has 0 aliphatic heterocycles. The van der Waals surface area contributed by atoms with Crippen molar-refractivity contribution < 1.29 is 0 Å². The van der Waals surface area contributed by atoms with E-state index in [-0.39, 0.29) is 5.56 Å². The van der Waals surface area contributed by atoms with Crippen LogP contribution in [0.15, 0.2) is 39.9 Å². The van der Waals surface area contributed by atoms with Gasteiger partial charge in [-0.05, 0) is 40.5 Å². The van der Waals surface area contributed by atoms with Crippen LogP contribution >= 0.6 is 15.9 Å². The molecule has 82 valence electrons. The van der Waals surface area contributed by atoms with Gasteiger partial charge in [0.05, 0.1) is 0 Å². The molecule has 0 spiro atoms. The lowest BCUT2D eigenvalue weighted by molar-refractivity contribution is 1.18. The molecule has 0 amide bonds. The highest BCUT2D eigenvalue weighted by Crippen LogP contribution is 2.21. The molecule has 16 heavy (non-hydrogen) atoms. The quantitative estimate of drug-likeness (QED) is 0.889. The van der Waals surface area contributed by atoms with Gasteiger partial charge in [0.15, 0.2) is 0 Å². The Morgan fingerprint density at radius 2 is 2.25 bits per heavy atom. The molecule has 2 N–H and O–H groups in total. The summed E-state index contributed by atoms with van der Waals surface area (Å²) in [7, 11) is 0. The first-order valence-electron chi connectivity index (χ1n) is 4.74. The first-order chi connectivity index (χ1) is 7.68. The molecule has 2 aromatic rings. The highest BCUT2D eigenvalue weighted by atomic mass is 79.9. The van der Waals surface area contributed by atoms with E-state index in [1.165, 1.54) is 0 Å². The first kappa shape index (κ1) is 10.9. The van der Waals surface area contributed by atoms with E-state index in [1.807, 2.05) is 19.1 Å². The summed E-state index contributed by atoms with van der Waals surface area (Å²) < 4.78 is 0.852. The van der Waals surface area contributed by atoms with Crippen LogP contribution < -0.4 is 10.9 Å². The summed E-state index contributed by atoms with van der Waals surface area (Å²) in [6.07, 6.45) is 3.30. The topological polar surface area (TPSA) is 57.8 Å². The van der Waals surface area contributed by atoms with Gasteiger partial charge < -0.3 is 10.3 Å². The Hall–Kier alpha value is -1.62. The number of nitrogens with zero attached hydrogens (tertiary/aromatic N) is 1. The molecule has 0 radical (unpaired) electrons. The van der Waals surface area contributed by atoms with E-state index >= 15 is 0 Å². The molecule has 2 aromatic heterocycles. The van der Waals surface area contributed by atoms with Gasteiger partial charge in [0.2, 0.25) is 0 Å². The number of halogens is 1.